The summed E-state index contributed by atoms with van der Waals surface area (Å²) < 4.78 is 32.6. The summed E-state index contributed by atoms with van der Waals surface area (Å²) in [6.07, 6.45) is 1.83. The molecule has 2 amide bonds. The highest BCUT2D eigenvalue weighted by Crippen LogP contribution is 2.29. The molecule has 2 aliphatic rings. The number of amides is 2. The van der Waals surface area contributed by atoms with Crippen LogP contribution in [0.4, 0.5) is 8.78 Å². The van der Waals surface area contributed by atoms with Gasteiger partial charge in [-0.25, -0.2) is 13.8 Å². The first kappa shape index (κ1) is 18.6. The van der Waals surface area contributed by atoms with Crippen molar-refractivity contribution in [3.05, 3.63) is 41.3 Å². The van der Waals surface area contributed by atoms with Gasteiger partial charge in [-0.2, -0.15) is 0 Å². The van der Waals surface area contributed by atoms with Crippen LogP contribution in [-0.4, -0.2) is 46.2 Å². The Bertz CT molecular complexity index is 899. The van der Waals surface area contributed by atoms with Crippen molar-refractivity contribution in [1.29, 1.82) is 0 Å². The smallest absolute Gasteiger partial charge is 0.226 e. The molecule has 1 aromatic carbocycles. The van der Waals surface area contributed by atoms with Crippen molar-refractivity contribution in [2.45, 2.75) is 32.7 Å². The summed E-state index contributed by atoms with van der Waals surface area (Å²) >= 11 is 0. The van der Waals surface area contributed by atoms with Crippen molar-refractivity contribution >= 4 is 11.8 Å². The molecule has 1 fully saturated rings. The van der Waals surface area contributed by atoms with Crippen LogP contribution >= 0.6 is 0 Å². The summed E-state index contributed by atoms with van der Waals surface area (Å²) in [6, 6.07) is 3.14. The third-order valence-corrected chi connectivity index (χ3v) is 5.44. The highest BCUT2D eigenvalue weighted by molar-refractivity contribution is 5.80. The summed E-state index contributed by atoms with van der Waals surface area (Å²) in [5.41, 5.74) is 0.863. The topological polar surface area (TPSA) is 66.7 Å². The first-order valence-corrected chi connectivity index (χ1v) is 9.40. The summed E-state index contributed by atoms with van der Waals surface area (Å²) in [5.74, 6) is -0.573. The maximum atomic E-state index is 13.5. The predicted octanol–water partition coefficient (Wildman–Crippen LogP) is 2.76. The molecule has 0 spiro atoms. The Morgan fingerprint density at radius 2 is 1.75 bits per heavy atom. The van der Waals surface area contributed by atoms with Crippen molar-refractivity contribution in [1.82, 2.24) is 14.8 Å². The number of carbonyl (C=O) groups excluding carboxylic acids is 2. The lowest BCUT2D eigenvalue weighted by Gasteiger charge is -2.34. The molecule has 0 unspecified atom stereocenters. The predicted molar refractivity (Wildman–Crippen MR) is 96.0 cm³/mol. The molecule has 0 bridgehead atoms. The summed E-state index contributed by atoms with van der Waals surface area (Å²) in [5, 5.41) is 0. The zero-order chi connectivity index (χ0) is 19.8. The van der Waals surface area contributed by atoms with Crippen molar-refractivity contribution in [3.8, 4) is 11.5 Å². The van der Waals surface area contributed by atoms with Gasteiger partial charge in [-0.1, -0.05) is 0 Å². The van der Waals surface area contributed by atoms with Gasteiger partial charge in [-0.15, -0.1) is 0 Å². The minimum atomic E-state index is -0.695. The standard InChI is InChI=1S/C20H21F2N3O3/c1-12(26)24-5-2-13(3-6-24)20(27)25-7-4-18-17(11-25)23-19(28-18)14-8-15(21)10-16(22)9-14/h8-10,13H,2-7,11H2,1H3. The van der Waals surface area contributed by atoms with Gasteiger partial charge in [0.15, 0.2) is 0 Å². The number of hydrogen-bond donors (Lipinski definition) is 0. The van der Waals surface area contributed by atoms with Crippen LogP contribution in [0.15, 0.2) is 22.6 Å². The molecule has 2 aliphatic heterocycles. The van der Waals surface area contributed by atoms with Gasteiger partial charge in [0.2, 0.25) is 17.7 Å². The van der Waals surface area contributed by atoms with Crippen molar-refractivity contribution < 1.29 is 22.8 Å². The molecule has 1 aromatic heterocycles. The second-order valence-electron chi connectivity index (χ2n) is 7.34. The van der Waals surface area contributed by atoms with Crippen LogP contribution in [0.1, 0.15) is 31.2 Å². The Hall–Kier alpha value is -2.77. The summed E-state index contributed by atoms with van der Waals surface area (Å²) in [6.45, 7) is 3.59. The minimum Gasteiger partial charge on any atom is -0.441 e. The first-order valence-electron chi connectivity index (χ1n) is 9.40. The van der Waals surface area contributed by atoms with E-state index in [1.54, 1.807) is 16.7 Å². The molecule has 0 aliphatic carbocycles. The van der Waals surface area contributed by atoms with E-state index in [9.17, 15) is 18.4 Å². The quantitative estimate of drug-likeness (QED) is 0.792. The molecule has 2 aromatic rings. The van der Waals surface area contributed by atoms with Gasteiger partial charge < -0.3 is 14.2 Å². The van der Waals surface area contributed by atoms with Gasteiger partial charge in [0.25, 0.3) is 0 Å². The van der Waals surface area contributed by atoms with E-state index < -0.39 is 11.6 Å². The summed E-state index contributed by atoms with van der Waals surface area (Å²) in [7, 11) is 0. The number of halogens is 2. The Labute approximate surface area is 161 Å². The molecule has 148 valence electrons. The Morgan fingerprint density at radius 3 is 2.39 bits per heavy atom. The highest BCUT2D eigenvalue weighted by atomic mass is 19.1. The number of oxazole rings is 1. The lowest BCUT2D eigenvalue weighted by Crippen LogP contribution is -2.45. The van der Waals surface area contributed by atoms with Crippen LogP contribution < -0.4 is 0 Å². The average Bonchev–Trinajstić information content (AvgIpc) is 3.10. The first-order chi connectivity index (χ1) is 13.4. The van der Waals surface area contributed by atoms with Crippen LogP contribution in [-0.2, 0) is 22.6 Å². The molecular formula is C20H21F2N3O3. The number of rotatable bonds is 2. The maximum absolute atomic E-state index is 13.5. The fourth-order valence-electron chi connectivity index (χ4n) is 3.89. The molecule has 4 rings (SSSR count). The van der Waals surface area contributed by atoms with E-state index in [2.05, 4.69) is 4.98 Å². The molecule has 0 radical (unpaired) electrons. The zero-order valence-electron chi connectivity index (χ0n) is 15.6. The molecule has 6 nitrogen and oxygen atoms in total. The fourth-order valence-corrected chi connectivity index (χ4v) is 3.89. The average molecular weight is 389 g/mol. The van der Waals surface area contributed by atoms with Crippen LogP contribution in [0.2, 0.25) is 0 Å². The molecule has 8 heteroatoms. The van der Waals surface area contributed by atoms with Gasteiger partial charge in [0.1, 0.15) is 23.1 Å². The van der Waals surface area contributed by atoms with Crippen molar-refractivity contribution in [2.75, 3.05) is 19.6 Å². The molecule has 3 heterocycles. The molecule has 1 saturated heterocycles. The second kappa shape index (κ2) is 7.33. The molecule has 0 saturated carbocycles. The molecular weight excluding hydrogens is 368 g/mol. The third-order valence-electron chi connectivity index (χ3n) is 5.44. The van der Waals surface area contributed by atoms with Crippen molar-refractivity contribution in [3.63, 3.8) is 0 Å². The van der Waals surface area contributed by atoms with Gasteiger partial charge >= 0.3 is 0 Å². The maximum Gasteiger partial charge on any atom is 0.226 e. The van der Waals surface area contributed by atoms with Gasteiger partial charge in [0.05, 0.1) is 6.54 Å². The van der Waals surface area contributed by atoms with E-state index in [-0.39, 0.29) is 29.2 Å². The number of hydrogen-bond acceptors (Lipinski definition) is 4. The Morgan fingerprint density at radius 1 is 1.07 bits per heavy atom. The van der Waals surface area contributed by atoms with E-state index in [0.717, 1.165) is 6.07 Å². The third kappa shape index (κ3) is 3.63. The number of piperidine rings is 1. The minimum absolute atomic E-state index is 0.0393. The van der Waals surface area contributed by atoms with Crippen molar-refractivity contribution in [2.24, 2.45) is 5.92 Å². The van der Waals surface area contributed by atoms with Crippen LogP contribution in [0.5, 0.6) is 0 Å². The number of nitrogens with zero attached hydrogens (tertiary/aromatic N) is 3. The van der Waals surface area contributed by atoms with E-state index >= 15 is 0 Å². The number of aromatic nitrogens is 1. The Kier molecular flexibility index (Phi) is 4.87. The SMILES string of the molecule is CC(=O)N1CCC(C(=O)N2CCc3oc(-c4cc(F)cc(F)c4)nc3C2)CC1. The number of fused-ring (bicyclic) bond motifs is 1. The summed E-state index contributed by atoms with van der Waals surface area (Å²) in [4.78, 5) is 32.2. The van der Waals surface area contributed by atoms with Gasteiger partial charge in [0, 0.05) is 50.5 Å². The van der Waals surface area contributed by atoms with E-state index in [0.29, 0.717) is 56.9 Å². The molecule has 0 N–H and O–H groups in total. The van der Waals surface area contributed by atoms with Crippen LogP contribution in [0.3, 0.4) is 0 Å². The van der Waals surface area contributed by atoms with Gasteiger partial charge in [-0.3, -0.25) is 9.59 Å². The van der Waals surface area contributed by atoms with E-state index in [1.165, 1.54) is 12.1 Å². The number of likely N-dealkylation sites (tertiary alicyclic amines) is 1. The van der Waals surface area contributed by atoms with E-state index in [4.69, 9.17) is 4.42 Å². The monoisotopic (exact) mass is 389 g/mol. The van der Waals surface area contributed by atoms with Crippen LogP contribution in [0, 0.1) is 17.6 Å². The zero-order valence-corrected chi connectivity index (χ0v) is 15.6. The number of benzene rings is 1. The Balaban J connectivity index is 1.46. The van der Waals surface area contributed by atoms with Crippen LogP contribution in [0.25, 0.3) is 11.5 Å². The van der Waals surface area contributed by atoms with Gasteiger partial charge in [-0.05, 0) is 25.0 Å². The second-order valence-corrected chi connectivity index (χ2v) is 7.34. The van der Waals surface area contributed by atoms with E-state index in [1.807, 2.05) is 0 Å². The number of carbonyl (C=O) groups is 2. The highest BCUT2D eigenvalue weighted by Gasteiger charge is 2.32. The fraction of sp³-hybridized carbons (Fsp3) is 0.450. The normalized spacial score (nSPS) is 17.5. The lowest BCUT2D eigenvalue weighted by atomic mass is 9.94. The largest absolute Gasteiger partial charge is 0.441 e. The molecule has 28 heavy (non-hydrogen) atoms. The molecule has 0 atom stereocenters. The lowest BCUT2D eigenvalue weighted by molar-refractivity contribution is -0.140.